The molecule has 1 nitrogen and oxygen atoms in total. The van der Waals surface area contributed by atoms with Gasteiger partial charge in [0.15, 0.2) is 5.78 Å². The van der Waals surface area contributed by atoms with Crippen LogP contribution in [0.2, 0.25) is 0 Å². The van der Waals surface area contributed by atoms with Gasteiger partial charge >= 0.3 is 0 Å². The summed E-state index contributed by atoms with van der Waals surface area (Å²) in [5.74, 6) is -1.91. The molecule has 0 aliphatic carbocycles. The highest BCUT2D eigenvalue weighted by atomic mass is 79.9. The van der Waals surface area contributed by atoms with Gasteiger partial charge in [-0.25, -0.2) is 8.78 Å². The van der Waals surface area contributed by atoms with Crippen molar-refractivity contribution in [3.05, 3.63) is 56.2 Å². The van der Waals surface area contributed by atoms with Crippen molar-refractivity contribution < 1.29 is 13.6 Å². The highest BCUT2D eigenvalue weighted by Crippen LogP contribution is 2.24. The zero-order valence-corrected chi connectivity index (χ0v) is 10.2. The molecule has 1 aromatic heterocycles. The van der Waals surface area contributed by atoms with Gasteiger partial charge in [0.05, 0.1) is 0 Å². The highest BCUT2D eigenvalue weighted by molar-refractivity contribution is 9.10. The Morgan fingerprint density at radius 3 is 2.25 bits per heavy atom. The van der Waals surface area contributed by atoms with Gasteiger partial charge < -0.3 is 0 Å². The quantitative estimate of drug-likeness (QED) is 0.766. The maximum absolute atomic E-state index is 12.9. The van der Waals surface area contributed by atoms with Gasteiger partial charge in [-0.3, -0.25) is 4.79 Å². The van der Waals surface area contributed by atoms with Gasteiger partial charge in [-0.05, 0) is 28.1 Å². The Balaban J connectivity index is 2.45. The van der Waals surface area contributed by atoms with E-state index in [1.165, 1.54) is 11.3 Å². The fraction of sp³-hybridized carbons (Fsp3) is 0. The Labute approximate surface area is 103 Å². The summed E-state index contributed by atoms with van der Waals surface area (Å²) in [6.45, 7) is 0. The zero-order valence-electron chi connectivity index (χ0n) is 7.84. The molecule has 0 spiro atoms. The lowest BCUT2D eigenvalue weighted by atomic mass is 10.1. The smallest absolute Gasteiger partial charge is 0.195 e. The lowest BCUT2D eigenvalue weighted by Gasteiger charge is -2.00. The van der Waals surface area contributed by atoms with Crippen molar-refractivity contribution in [3.63, 3.8) is 0 Å². The Morgan fingerprint density at radius 1 is 1.12 bits per heavy atom. The summed E-state index contributed by atoms with van der Waals surface area (Å²) >= 11 is 4.55. The van der Waals surface area contributed by atoms with E-state index in [-0.39, 0.29) is 5.56 Å². The summed E-state index contributed by atoms with van der Waals surface area (Å²) in [5, 5.41) is 3.37. The fourth-order valence-corrected chi connectivity index (χ4v) is 2.74. The molecule has 0 saturated carbocycles. The molecule has 0 N–H and O–H groups in total. The van der Waals surface area contributed by atoms with Crippen molar-refractivity contribution in [2.75, 3.05) is 0 Å². The van der Waals surface area contributed by atoms with Gasteiger partial charge in [0.2, 0.25) is 0 Å². The van der Waals surface area contributed by atoms with E-state index in [0.717, 1.165) is 18.2 Å². The maximum atomic E-state index is 12.9. The van der Waals surface area contributed by atoms with Crippen LogP contribution in [0.3, 0.4) is 0 Å². The standard InChI is InChI=1S/C11H5BrF2OS/c12-10-5-16-4-9(10)11(15)6-1-7(13)3-8(14)2-6/h1-5H. The number of carbonyl (C=O) groups is 1. The predicted molar refractivity (Wildman–Crippen MR) is 61.8 cm³/mol. The first-order valence-electron chi connectivity index (χ1n) is 4.30. The molecule has 1 heterocycles. The van der Waals surface area contributed by atoms with E-state index in [4.69, 9.17) is 0 Å². The predicted octanol–water partition coefficient (Wildman–Crippen LogP) is 4.02. The molecule has 0 bridgehead atoms. The second-order valence-electron chi connectivity index (χ2n) is 3.12. The van der Waals surface area contributed by atoms with Crippen LogP contribution in [0.5, 0.6) is 0 Å². The van der Waals surface area contributed by atoms with E-state index >= 15 is 0 Å². The van der Waals surface area contributed by atoms with Crippen LogP contribution >= 0.6 is 27.3 Å². The Bertz CT molecular complexity index is 530. The van der Waals surface area contributed by atoms with Crippen LogP contribution in [-0.4, -0.2) is 5.78 Å². The number of hydrogen-bond acceptors (Lipinski definition) is 2. The molecule has 0 aliphatic heterocycles. The molecule has 0 fully saturated rings. The maximum Gasteiger partial charge on any atom is 0.195 e. The van der Waals surface area contributed by atoms with Crippen LogP contribution in [0.1, 0.15) is 15.9 Å². The van der Waals surface area contributed by atoms with Crippen LogP contribution in [0.25, 0.3) is 0 Å². The van der Waals surface area contributed by atoms with E-state index in [1.807, 2.05) is 0 Å². The molecular formula is C11H5BrF2OS. The van der Waals surface area contributed by atoms with E-state index in [9.17, 15) is 13.6 Å². The molecule has 0 radical (unpaired) electrons. The number of benzene rings is 1. The first-order chi connectivity index (χ1) is 7.58. The number of halogens is 3. The van der Waals surface area contributed by atoms with Crippen molar-refractivity contribution in [1.82, 2.24) is 0 Å². The Hall–Kier alpha value is -1.07. The van der Waals surface area contributed by atoms with Crippen LogP contribution in [0, 0.1) is 11.6 Å². The van der Waals surface area contributed by atoms with Gasteiger partial charge in [0.25, 0.3) is 0 Å². The molecule has 0 saturated heterocycles. The molecule has 2 rings (SSSR count). The minimum Gasteiger partial charge on any atom is -0.289 e. The summed E-state index contributed by atoms with van der Waals surface area (Å²) in [4.78, 5) is 11.9. The fourth-order valence-electron chi connectivity index (χ4n) is 1.28. The molecule has 0 unspecified atom stereocenters. The van der Waals surface area contributed by atoms with Gasteiger partial charge in [0.1, 0.15) is 11.6 Å². The third kappa shape index (κ3) is 2.20. The van der Waals surface area contributed by atoms with Gasteiger partial charge in [0, 0.05) is 32.4 Å². The minimum atomic E-state index is -0.755. The average molecular weight is 303 g/mol. The summed E-state index contributed by atoms with van der Waals surface area (Å²) in [6, 6.07) is 2.78. The third-order valence-electron chi connectivity index (χ3n) is 1.98. The molecule has 82 valence electrons. The van der Waals surface area contributed by atoms with Crippen molar-refractivity contribution >= 4 is 33.0 Å². The summed E-state index contributed by atoms with van der Waals surface area (Å²) < 4.78 is 26.5. The number of ketones is 1. The topological polar surface area (TPSA) is 17.1 Å². The summed E-state index contributed by atoms with van der Waals surface area (Å²) in [7, 11) is 0. The van der Waals surface area contributed by atoms with E-state index in [0.29, 0.717) is 10.0 Å². The Morgan fingerprint density at radius 2 is 1.75 bits per heavy atom. The number of thiophene rings is 1. The van der Waals surface area contributed by atoms with Crippen LogP contribution in [0.4, 0.5) is 8.78 Å². The summed E-state index contributed by atoms with van der Waals surface area (Å²) in [6.07, 6.45) is 0. The van der Waals surface area contributed by atoms with Crippen molar-refractivity contribution in [1.29, 1.82) is 0 Å². The van der Waals surface area contributed by atoms with Crippen molar-refractivity contribution in [2.24, 2.45) is 0 Å². The normalized spacial score (nSPS) is 10.4. The molecule has 0 amide bonds. The van der Waals surface area contributed by atoms with Crippen LogP contribution in [0.15, 0.2) is 33.4 Å². The van der Waals surface area contributed by atoms with Crippen molar-refractivity contribution in [3.8, 4) is 0 Å². The molecule has 2 aromatic rings. The van der Waals surface area contributed by atoms with E-state index in [1.54, 1.807) is 10.8 Å². The third-order valence-corrected chi connectivity index (χ3v) is 3.69. The first-order valence-corrected chi connectivity index (χ1v) is 6.04. The summed E-state index contributed by atoms with van der Waals surface area (Å²) in [5.41, 5.74) is 0.423. The highest BCUT2D eigenvalue weighted by Gasteiger charge is 2.15. The molecule has 1 aromatic carbocycles. The molecule has 5 heteroatoms. The van der Waals surface area contributed by atoms with Gasteiger partial charge in [-0.1, -0.05) is 0 Å². The lowest BCUT2D eigenvalue weighted by molar-refractivity contribution is 0.103. The molecule has 0 aliphatic rings. The lowest BCUT2D eigenvalue weighted by Crippen LogP contribution is -2.01. The average Bonchev–Trinajstić information content (AvgIpc) is 2.62. The second kappa shape index (κ2) is 4.43. The van der Waals surface area contributed by atoms with Crippen LogP contribution in [-0.2, 0) is 0 Å². The van der Waals surface area contributed by atoms with Gasteiger partial charge in [-0.2, -0.15) is 11.3 Å². The SMILES string of the molecule is O=C(c1cc(F)cc(F)c1)c1cscc1Br. The second-order valence-corrected chi connectivity index (χ2v) is 4.72. The van der Waals surface area contributed by atoms with E-state index in [2.05, 4.69) is 15.9 Å². The largest absolute Gasteiger partial charge is 0.289 e. The van der Waals surface area contributed by atoms with Gasteiger partial charge in [-0.15, -0.1) is 0 Å². The van der Waals surface area contributed by atoms with E-state index < -0.39 is 17.4 Å². The molecular weight excluding hydrogens is 298 g/mol. The number of rotatable bonds is 2. The number of carbonyl (C=O) groups excluding carboxylic acids is 1. The molecule has 16 heavy (non-hydrogen) atoms. The molecule has 0 atom stereocenters. The monoisotopic (exact) mass is 302 g/mol. The number of hydrogen-bond donors (Lipinski definition) is 0. The Kier molecular flexibility index (Phi) is 3.16. The minimum absolute atomic E-state index is 0.0107. The van der Waals surface area contributed by atoms with Crippen molar-refractivity contribution in [2.45, 2.75) is 0 Å². The first kappa shape index (κ1) is 11.4. The zero-order chi connectivity index (χ0) is 11.7. The van der Waals surface area contributed by atoms with Crippen LogP contribution < -0.4 is 0 Å².